The van der Waals surface area contributed by atoms with Crippen molar-refractivity contribution in [1.82, 2.24) is 5.32 Å². The maximum atomic E-state index is 12.3. The minimum atomic E-state index is -0.128. The largest absolute Gasteiger partial charge is 0.486 e. The van der Waals surface area contributed by atoms with Crippen LogP contribution in [0, 0.1) is 0 Å². The number of furan rings is 1. The van der Waals surface area contributed by atoms with Gasteiger partial charge in [-0.1, -0.05) is 41.6 Å². The van der Waals surface area contributed by atoms with Crippen LogP contribution >= 0.6 is 15.9 Å². The summed E-state index contributed by atoms with van der Waals surface area (Å²) < 4.78 is 12.3. The average molecular weight is 392 g/mol. The first kappa shape index (κ1) is 17.1. The number of amides is 1. The number of halogens is 1. The molecule has 3 rings (SSSR count). The van der Waals surface area contributed by atoms with Gasteiger partial charge in [0.15, 0.2) is 5.76 Å². The highest BCUT2D eigenvalue weighted by molar-refractivity contribution is 9.10. The summed E-state index contributed by atoms with van der Waals surface area (Å²) in [6.45, 7) is 0.304. The lowest BCUT2D eigenvalue weighted by atomic mass is 10.1. The van der Waals surface area contributed by atoms with E-state index in [1.54, 1.807) is 12.1 Å². The summed E-state index contributed by atoms with van der Waals surface area (Å²) in [5, 5.41) is 3.09. The quantitative estimate of drug-likeness (QED) is 0.723. The van der Waals surface area contributed by atoms with Gasteiger partial charge in [-0.2, -0.15) is 0 Å². The van der Waals surface area contributed by atoms with Crippen molar-refractivity contribution in [1.29, 1.82) is 0 Å². The van der Waals surface area contributed by atoms with E-state index in [0.717, 1.165) is 23.1 Å². The van der Waals surface area contributed by atoms with Crippen molar-refractivity contribution >= 4 is 21.8 Å². The van der Waals surface area contributed by atoms with Crippen LogP contribution < -0.4 is 10.1 Å². The predicted octanol–water partition coefficient (Wildman–Crippen LogP) is 5.07. The Morgan fingerprint density at radius 3 is 2.50 bits per heavy atom. The summed E-state index contributed by atoms with van der Waals surface area (Å²) in [7, 11) is 0. The van der Waals surface area contributed by atoms with Crippen molar-refractivity contribution in [3.8, 4) is 5.75 Å². The van der Waals surface area contributed by atoms with Gasteiger partial charge in [-0.25, -0.2) is 0 Å². The van der Waals surface area contributed by atoms with Gasteiger partial charge in [0.25, 0.3) is 5.91 Å². The number of hydrogen-bond acceptors (Lipinski definition) is 3. The van der Waals surface area contributed by atoms with E-state index >= 15 is 0 Å². The predicted molar refractivity (Wildman–Crippen MR) is 96.1 cm³/mol. The molecule has 5 heteroatoms. The SMILES string of the molecule is O=C(NC1CCCCCC1)c1ccc(COc2ccc(Br)cc2)o1. The van der Waals surface area contributed by atoms with E-state index in [0.29, 0.717) is 18.1 Å². The molecule has 0 unspecified atom stereocenters. The molecule has 1 amide bonds. The third-order valence-corrected chi connectivity index (χ3v) is 4.80. The zero-order valence-corrected chi connectivity index (χ0v) is 15.2. The second-order valence-corrected chi connectivity index (χ2v) is 7.09. The molecule has 4 nitrogen and oxygen atoms in total. The highest BCUT2D eigenvalue weighted by Gasteiger charge is 2.18. The number of carbonyl (C=O) groups excluding carboxylic acids is 1. The van der Waals surface area contributed by atoms with Crippen molar-refractivity contribution in [2.24, 2.45) is 0 Å². The van der Waals surface area contributed by atoms with Gasteiger partial charge in [-0.05, 0) is 49.2 Å². The van der Waals surface area contributed by atoms with Crippen LogP contribution in [0.5, 0.6) is 5.75 Å². The normalized spacial score (nSPS) is 15.7. The minimum Gasteiger partial charge on any atom is -0.486 e. The van der Waals surface area contributed by atoms with Gasteiger partial charge in [0, 0.05) is 10.5 Å². The van der Waals surface area contributed by atoms with E-state index < -0.39 is 0 Å². The molecule has 2 aromatic rings. The number of carbonyl (C=O) groups is 1. The molecule has 1 N–H and O–H groups in total. The first-order valence-corrected chi connectivity index (χ1v) is 9.28. The Labute approximate surface area is 150 Å². The van der Waals surface area contributed by atoms with Gasteiger partial charge >= 0.3 is 0 Å². The molecule has 1 aliphatic rings. The Bertz CT molecular complexity index is 658. The zero-order valence-electron chi connectivity index (χ0n) is 13.6. The van der Waals surface area contributed by atoms with E-state index in [1.807, 2.05) is 24.3 Å². The number of rotatable bonds is 5. The second kappa shape index (κ2) is 8.38. The van der Waals surface area contributed by atoms with Gasteiger partial charge in [-0.3, -0.25) is 4.79 Å². The molecular weight excluding hydrogens is 370 g/mol. The Kier molecular flexibility index (Phi) is 5.96. The van der Waals surface area contributed by atoms with Crippen molar-refractivity contribution in [2.45, 2.75) is 51.2 Å². The Hall–Kier alpha value is -1.75. The topological polar surface area (TPSA) is 51.5 Å². The van der Waals surface area contributed by atoms with Gasteiger partial charge < -0.3 is 14.5 Å². The molecular formula is C19H22BrNO3. The third-order valence-electron chi connectivity index (χ3n) is 4.27. The average Bonchev–Trinajstić information content (AvgIpc) is 2.92. The summed E-state index contributed by atoms with van der Waals surface area (Å²) in [6, 6.07) is 11.4. The maximum absolute atomic E-state index is 12.3. The van der Waals surface area contributed by atoms with Crippen molar-refractivity contribution < 1.29 is 13.9 Å². The number of ether oxygens (including phenoxy) is 1. The first-order chi connectivity index (χ1) is 11.7. The monoisotopic (exact) mass is 391 g/mol. The van der Waals surface area contributed by atoms with Crippen molar-refractivity contribution in [2.75, 3.05) is 0 Å². The van der Waals surface area contributed by atoms with Crippen LogP contribution in [0.15, 0.2) is 45.3 Å². The molecule has 1 aliphatic carbocycles. The van der Waals surface area contributed by atoms with E-state index in [4.69, 9.17) is 9.15 Å². The van der Waals surface area contributed by atoms with Crippen LogP contribution in [0.4, 0.5) is 0 Å². The summed E-state index contributed by atoms with van der Waals surface area (Å²) >= 11 is 3.39. The van der Waals surface area contributed by atoms with Crippen LogP contribution in [0.3, 0.4) is 0 Å². The molecule has 0 saturated heterocycles. The zero-order chi connectivity index (χ0) is 16.8. The van der Waals surface area contributed by atoms with Crippen LogP contribution in [-0.4, -0.2) is 11.9 Å². The molecule has 0 atom stereocenters. The molecule has 1 fully saturated rings. The Morgan fingerprint density at radius 1 is 1.08 bits per heavy atom. The summed E-state index contributed by atoms with van der Waals surface area (Å²) in [6.07, 6.45) is 7.04. The van der Waals surface area contributed by atoms with E-state index in [9.17, 15) is 4.79 Å². The lowest BCUT2D eigenvalue weighted by Crippen LogP contribution is -2.34. The molecule has 0 radical (unpaired) electrons. The lowest BCUT2D eigenvalue weighted by Gasteiger charge is -2.14. The molecule has 0 bridgehead atoms. The highest BCUT2D eigenvalue weighted by Crippen LogP contribution is 2.19. The smallest absolute Gasteiger partial charge is 0.287 e. The fourth-order valence-corrected chi connectivity index (χ4v) is 3.21. The van der Waals surface area contributed by atoms with Crippen molar-refractivity contribution in [3.63, 3.8) is 0 Å². The third kappa shape index (κ3) is 4.87. The highest BCUT2D eigenvalue weighted by atomic mass is 79.9. The van der Waals surface area contributed by atoms with Crippen LogP contribution in [0.2, 0.25) is 0 Å². The first-order valence-electron chi connectivity index (χ1n) is 8.48. The van der Waals surface area contributed by atoms with Gasteiger partial charge in [-0.15, -0.1) is 0 Å². The Balaban J connectivity index is 1.52. The Morgan fingerprint density at radius 2 is 1.79 bits per heavy atom. The van der Waals surface area contributed by atoms with E-state index in [1.165, 1.54) is 25.7 Å². The summed E-state index contributed by atoms with van der Waals surface area (Å²) in [4.78, 5) is 12.3. The van der Waals surface area contributed by atoms with Crippen LogP contribution in [0.25, 0.3) is 0 Å². The second-order valence-electron chi connectivity index (χ2n) is 6.17. The fraction of sp³-hybridized carbons (Fsp3) is 0.421. The number of nitrogens with one attached hydrogen (secondary N) is 1. The molecule has 0 spiro atoms. The lowest BCUT2D eigenvalue weighted by molar-refractivity contribution is 0.0901. The molecule has 24 heavy (non-hydrogen) atoms. The van der Waals surface area contributed by atoms with Crippen molar-refractivity contribution in [3.05, 3.63) is 52.4 Å². The van der Waals surface area contributed by atoms with Crippen LogP contribution in [-0.2, 0) is 6.61 Å². The number of hydrogen-bond donors (Lipinski definition) is 1. The minimum absolute atomic E-state index is 0.128. The standard InChI is InChI=1S/C19H22BrNO3/c20-14-7-9-16(10-8-14)23-13-17-11-12-18(24-17)19(22)21-15-5-3-1-2-4-6-15/h7-12,15H,1-6,13H2,(H,21,22). The van der Waals surface area contributed by atoms with Gasteiger partial charge in [0.05, 0.1) is 0 Å². The van der Waals surface area contributed by atoms with Gasteiger partial charge in [0.2, 0.25) is 0 Å². The summed E-state index contributed by atoms with van der Waals surface area (Å²) in [5.74, 6) is 1.63. The fourth-order valence-electron chi connectivity index (χ4n) is 2.94. The summed E-state index contributed by atoms with van der Waals surface area (Å²) in [5.41, 5.74) is 0. The molecule has 0 aliphatic heterocycles. The molecule has 1 saturated carbocycles. The molecule has 128 valence electrons. The van der Waals surface area contributed by atoms with E-state index in [-0.39, 0.29) is 11.9 Å². The maximum Gasteiger partial charge on any atom is 0.287 e. The molecule has 1 heterocycles. The molecule has 1 aromatic heterocycles. The van der Waals surface area contributed by atoms with E-state index in [2.05, 4.69) is 21.2 Å². The van der Waals surface area contributed by atoms with Gasteiger partial charge in [0.1, 0.15) is 18.1 Å². The number of benzene rings is 1. The molecule has 1 aromatic carbocycles. The van der Waals surface area contributed by atoms with Crippen LogP contribution in [0.1, 0.15) is 54.8 Å².